The number of fused-ring (bicyclic) bond motifs is 1. The van der Waals surface area contributed by atoms with E-state index in [4.69, 9.17) is 4.74 Å². The topological polar surface area (TPSA) is 67.7 Å². The molecule has 7 nitrogen and oxygen atoms in total. The third-order valence-corrected chi connectivity index (χ3v) is 4.73. The molecule has 2 amide bonds. The number of para-hydroxylation sites is 1. The molecule has 0 radical (unpaired) electrons. The minimum Gasteiger partial charge on any atom is -0.444 e. The van der Waals surface area contributed by atoms with Crippen LogP contribution in [0.4, 0.5) is 10.5 Å². The molecule has 2 heterocycles. The zero-order valence-electron chi connectivity index (χ0n) is 17.2. The molecule has 0 saturated carbocycles. The SMILES string of the molecule is CCN(C(=O)c1nn(C)c2c1CN(C(=O)OC(C)(C)C)CC2)c1ccccc1. The first-order chi connectivity index (χ1) is 13.2. The van der Waals surface area contributed by atoms with Gasteiger partial charge in [-0.05, 0) is 39.8 Å². The molecule has 0 aliphatic carbocycles. The van der Waals surface area contributed by atoms with Crippen molar-refractivity contribution < 1.29 is 14.3 Å². The number of carbonyl (C=O) groups excluding carboxylic acids is 2. The summed E-state index contributed by atoms with van der Waals surface area (Å²) in [6.07, 6.45) is 0.277. The van der Waals surface area contributed by atoms with Crippen molar-refractivity contribution in [2.24, 2.45) is 7.05 Å². The number of benzene rings is 1. The van der Waals surface area contributed by atoms with Crippen molar-refractivity contribution in [1.82, 2.24) is 14.7 Å². The van der Waals surface area contributed by atoms with E-state index in [1.54, 1.807) is 14.5 Å². The average Bonchev–Trinajstić information content (AvgIpc) is 2.98. The maximum Gasteiger partial charge on any atom is 0.410 e. The molecule has 0 saturated heterocycles. The second-order valence-corrected chi connectivity index (χ2v) is 7.93. The van der Waals surface area contributed by atoms with Crippen LogP contribution in [0.1, 0.15) is 49.4 Å². The molecule has 0 bridgehead atoms. The molecule has 1 aliphatic heterocycles. The Bertz CT molecular complexity index is 868. The van der Waals surface area contributed by atoms with Gasteiger partial charge in [0.1, 0.15) is 5.60 Å². The molecule has 150 valence electrons. The number of anilines is 1. The van der Waals surface area contributed by atoms with Crippen LogP contribution < -0.4 is 4.90 Å². The summed E-state index contributed by atoms with van der Waals surface area (Å²) in [4.78, 5) is 29.1. The van der Waals surface area contributed by atoms with E-state index in [0.717, 1.165) is 16.9 Å². The van der Waals surface area contributed by atoms with Crippen molar-refractivity contribution in [1.29, 1.82) is 0 Å². The molecule has 0 unspecified atom stereocenters. The Kier molecular flexibility index (Phi) is 5.45. The van der Waals surface area contributed by atoms with Crippen LogP contribution in [-0.2, 0) is 24.8 Å². The fourth-order valence-corrected chi connectivity index (χ4v) is 3.43. The fourth-order valence-electron chi connectivity index (χ4n) is 3.43. The molecule has 0 atom stereocenters. The summed E-state index contributed by atoms with van der Waals surface area (Å²) in [6.45, 7) is 8.88. The lowest BCUT2D eigenvalue weighted by Crippen LogP contribution is -2.40. The highest BCUT2D eigenvalue weighted by atomic mass is 16.6. The van der Waals surface area contributed by atoms with E-state index in [1.165, 1.54) is 0 Å². The Morgan fingerprint density at radius 1 is 1.21 bits per heavy atom. The molecule has 1 aromatic carbocycles. The van der Waals surface area contributed by atoms with Crippen LogP contribution in [0, 0.1) is 0 Å². The van der Waals surface area contributed by atoms with Gasteiger partial charge in [-0.2, -0.15) is 5.10 Å². The Morgan fingerprint density at radius 3 is 2.50 bits per heavy atom. The average molecular weight is 384 g/mol. The third kappa shape index (κ3) is 4.03. The monoisotopic (exact) mass is 384 g/mol. The Hall–Kier alpha value is -2.83. The lowest BCUT2D eigenvalue weighted by atomic mass is 10.0. The molecule has 0 spiro atoms. The summed E-state index contributed by atoms with van der Waals surface area (Å²) in [5.74, 6) is -0.156. The van der Waals surface area contributed by atoms with Crippen molar-refractivity contribution in [2.45, 2.75) is 46.3 Å². The Morgan fingerprint density at radius 2 is 1.89 bits per heavy atom. The van der Waals surface area contributed by atoms with Gasteiger partial charge < -0.3 is 14.5 Å². The van der Waals surface area contributed by atoms with Gasteiger partial charge in [0, 0.05) is 43.5 Å². The highest BCUT2D eigenvalue weighted by molar-refractivity contribution is 6.06. The first kappa shape index (κ1) is 19.9. The van der Waals surface area contributed by atoms with E-state index in [0.29, 0.717) is 31.7 Å². The second-order valence-electron chi connectivity index (χ2n) is 7.93. The van der Waals surface area contributed by atoms with Gasteiger partial charge in [-0.1, -0.05) is 18.2 Å². The minimum absolute atomic E-state index is 0.156. The summed E-state index contributed by atoms with van der Waals surface area (Å²) in [5.41, 5.74) is 2.47. The highest BCUT2D eigenvalue weighted by Crippen LogP contribution is 2.26. The van der Waals surface area contributed by atoms with Gasteiger partial charge in [0.2, 0.25) is 0 Å². The van der Waals surface area contributed by atoms with Gasteiger partial charge in [-0.3, -0.25) is 9.48 Å². The standard InChI is InChI=1S/C21H28N4O3/c1-6-25(15-10-8-7-9-11-15)19(26)18-16-14-24(20(27)28-21(2,3)4)13-12-17(16)23(5)22-18/h7-11H,6,12-14H2,1-5H3. The highest BCUT2D eigenvalue weighted by Gasteiger charge is 2.32. The largest absolute Gasteiger partial charge is 0.444 e. The summed E-state index contributed by atoms with van der Waals surface area (Å²) < 4.78 is 7.26. The van der Waals surface area contributed by atoms with Crippen LogP contribution in [0.5, 0.6) is 0 Å². The van der Waals surface area contributed by atoms with Crippen LogP contribution in [0.25, 0.3) is 0 Å². The molecular formula is C21H28N4O3. The first-order valence-corrected chi connectivity index (χ1v) is 9.61. The number of hydrogen-bond acceptors (Lipinski definition) is 4. The number of nitrogens with zero attached hydrogens (tertiary/aromatic N) is 4. The third-order valence-electron chi connectivity index (χ3n) is 4.73. The van der Waals surface area contributed by atoms with E-state index >= 15 is 0 Å². The Balaban J connectivity index is 1.89. The molecule has 0 fully saturated rings. The molecule has 1 aromatic heterocycles. The van der Waals surface area contributed by atoms with Gasteiger partial charge >= 0.3 is 6.09 Å². The normalized spacial score (nSPS) is 13.8. The minimum atomic E-state index is -0.558. The number of hydrogen-bond donors (Lipinski definition) is 0. The summed E-state index contributed by atoms with van der Waals surface area (Å²) >= 11 is 0. The number of carbonyl (C=O) groups is 2. The van der Waals surface area contributed by atoms with Gasteiger partial charge in [0.15, 0.2) is 5.69 Å². The molecule has 1 aliphatic rings. The van der Waals surface area contributed by atoms with Crippen molar-refractivity contribution in [3.63, 3.8) is 0 Å². The number of aryl methyl sites for hydroxylation is 1. The van der Waals surface area contributed by atoms with Crippen LogP contribution in [0.2, 0.25) is 0 Å². The lowest BCUT2D eigenvalue weighted by Gasteiger charge is -2.30. The Labute approximate surface area is 165 Å². The fraction of sp³-hybridized carbons (Fsp3) is 0.476. The van der Waals surface area contributed by atoms with Crippen LogP contribution in [-0.4, -0.2) is 45.4 Å². The lowest BCUT2D eigenvalue weighted by molar-refractivity contribution is 0.0221. The maximum absolute atomic E-state index is 13.3. The molecule has 3 rings (SSSR count). The first-order valence-electron chi connectivity index (χ1n) is 9.61. The quantitative estimate of drug-likeness (QED) is 0.814. The number of aromatic nitrogens is 2. The van der Waals surface area contributed by atoms with Crippen molar-refractivity contribution in [2.75, 3.05) is 18.0 Å². The van der Waals surface area contributed by atoms with E-state index in [1.807, 2.05) is 65.1 Å². The summed E-state index contributed by atoms with van der Waals surface area (Å²) in [5, 5.41) is 4.50. The van der Waals surface area contributed by atoms with E-state index in [-0.39, 0.29) is 12.0 Å². The molecule has 28 heavy (non-hydrogen) atoms. The van der Waals surface area contributed by atoms with Crippen LogP contribution in [0.3, 0.4) is 0 Å². The predicted octanol–water partition coefficient (Wildman–Crippen LogP) is 3.38. The van der Waals surface area contributed by atoms with E-state index in [9.17, 15) is 9.59 Å². The zero-order valence-corrected chi connectivity index (χ0v) is 17.2. The predicted molar refractivity (Wildman–Crippen MR) is 107 cm³/mol. The molecule has 0 N–H and O–H groups in total. The van der Waals surface area contributed by atoms with Gasteiger partial charge in [0.25, 0.3) is 5.91 Å². The molecular weight excluding hydrogens is 356 g/mol. The van der Waals surface area contributed by atoms with Crippen LogP contribution in [0.15, 0.2) is 30.3 Å². The zero-order chi connectivity index (χ0) is 20.5. The number of amides is 2. The van der Waals surface area contributed by atoms with Gasteiger partial charge in [-0.15, -0.1) is 0 Å². The summed E-state index contributed by atoms with van der Waals surface area (Å²) in [7, 11) is 1.84. The van der Waals surface area contributed by atoms with Crippen LogP contribution >= 0.6 is 0 Å². The van der Waals surface area contributed by atoms with Gasteiger partial charge in [0.05, 0.1) is 6.54 Å². The molecule has 7 heteroatoms. The summed E-state index contributed by atoms with van der Waals surface area (Å²) in [6, 6.07) is 9.55. The van der Waals surface area contributed by atoms with E-state index < -0.39 is 5.60 Å². The smallest absolute Gasteiger partial charge is 0.410 e. The van der Waals surface area contributed by atoms with Crippen molar-refractivity contribution in [3.05, 3.63) is 47.3 Å². The number of ether oxygens (including phenoxy) is 1. The van der Waals surface area contributed by atoms with Crippen molar-refractivity contribution >= 4 is 17.7 Å². The number of rotatable bonds is 3. The maximum atomic E-state index is 13.3. The second kappa shape index (κ2) is 7.66. The van der Waals surface area contributed by atoms with Crippen molar-refractivity contribution in [3.8, 4) is 0 Å². The molecule has 2 aromatic rings. The van der Waals surface area contributed by atoms with Gasteiger partial charge in [-0.25, -0.2) is 4.79 Å². The van der Waals surface area contributed by atoms with E-state index in [2.05, 4.69) is 5.10 Å².